The number of carbonyl (C=O) groups excluding carboxylic acids is 1. The van der Waals surface area contributed by atoms with Crippen molar-refractivity contribution in [3.63, 3.8) is 0 Å². The van der Waals surface area contributed by atoms with Crippen LogP contribution in [0.3, 0.4) is 0 Å². The van der Waals surface area contributed by atoms with Crippen LogP contribution < -0.4 is 0 Å². The highest BCUT2D eigenvalue weighted by atomic mass is 16.2. The molecular weight excluding hydrogens is 322 g/mol. The summed E-state index contributed by atoms with van der Waals surface area (Å²) in [6.45, 7) is 8.30. The minimum atomic E-state index is -0.305. The molecule has 26 heavy (non-hydrogen) atoms. The smallest absolute Gasteiger partial charge is 0.273 e. The third-order valence-electron chi connectivity index (χ3n) is 4.93. The number of hydrogen-bond acceptors (Lipinski definition) is 2. The molecule has 4 nitrogen and oxygen atoms in total. The van der Waals surface area contributed by atoms with E-state index in [-0.39, 0.29) is 17.5 Å². The second-order valence-electron chi connectivity index (χ2n) is 7.89. The number of nitrogens with one attached hydrogen (secondary N) is 1. The van der Waals surface area contributed by atoms with Gasteiger partial charge in [0.2, 0.25) is 0 Å². The van der Waals surface area contributed by atoms with Gasteiger partial charge in [0.1, 0.15) is 5.69 Å². The molecular formula is C22H23N3O. The van der Waals surface area contributed by atoms with E-state index in [1.165, 1.54) is 5.56 Å². The van der Waals surface area contributed by atoms with E-state index in [9.17, 15) is 4.79 Å². The molecule has 4 rings (SSSR count). The zero-order valence-corrected chi connectivity index (χ0v) is 15.6. The highest BCUT2D eigenvalue weighted by Crippen LogP contribution is 2.45. The quantitative estimate of drug-likeness (QED) is 0.730. The Morgan fingerprint density at radius 1 is 1.00 bits per heavy atom. The topological polar surface area (TPSA) is 49.0 Å². The van der Waals surface area contributed by atoms with Gasteiger partial charge in [-0.3, -0.25) is 9.89 Å². The predicted octanol–water partition coefficient (Wildman–Crippen LogP) is 4.73. The largest absolute Gasteiger partial charge is 0.321 e. The molecule has 4 heteroatoms. The number of aryl methyl sites for hydroxylation is 1. The van der Waals surface area contributed by atoms with Gasteiger partial charge in [0, 0.05) is 16.7 Å². The minimum Gasteiger partial charge on any atom is -0.321 e. The van der Waals surface area contributed by atoms with Gasteiger partial charge in [-0.2, -0.15) is 5.10 Å². The molecule has 0 saturated carbocycles. The Morgan fingerprint density at radius 2 is 1.65 bits per heavy atom. The van der Waals surface area contributed by atoms with Gasteiger partial charge in [-0.15, -0.1) is 0 Å². The van der Waals surface area contributed by atoms with E-state index < -0.39 is 0 Å². The lowest BCUT2D eigenvalue weighted by Crippen LogP contribution is -2.44. The number of nitrogens with zero attached hydrogens (tertiary/aromatic N) is 2. The normalized spacial score (nSPS) is 16.8. The van der Waals surface area contributed by atoms with Crippen molar-refractivity contribution in [3.8, 4) is 11.3 Å². The van der Waals surface area contributed by atoms with Crippen LogP contribution >= 0.6 is 0 Å². The van der Waals surface area contributed by atoms with Gasteiger partial charge in [-0.05, 0) is 33.3 Å². The van der Waals surface area contributed by atoms with Crippen molar-refractivity contribution >= 4 is 5.91 Å². The first-order chi connectivity index (χ1) is 12.4. The molecule has 1 aliphatic rings. The molecule has 2 heterocycles. The van der Waals surface area contributed by atoms with E-state index in [0.29, 0.717) is 5.69 Å². The third-order valence-corrected chi connectivity index (χ3v) is 4.93. The standard InChI is InChI=1S/C22H23N3O/c1-14-10-12-16(13-11-14)20-17-18(15-8-6-5-7-9-15)23-24-19(17)21(26)25(20)22(2,3)4/h5-13,20H,1-4H3,(H,23,24). The molecule has 1 unspecified atom stereocenters. The Labute approximate surface area is 153 Å². The number of hydrogen-bond donors (Lipinski definition) is 1. The van der Waals surface area contributed by atoms with Crippen molar-refractivity contribution in [2.24, 2.45) is 0 Å². The van der Waals surface area contributed by atoms with Crippen molar-refractivity contribution in [1.29, 1.82) is 0 Å². The van der Waals surface area contributed by atoms with Crippen LogP contribution in [0.15, 0.2) is 54.6 Å². The predicted molar refractivity (Wildman–Crippen MR) is 103 cm³/mol. The van der Waals surface area contributed by atoms with Crippen molar-refractivity contribution in [2.45, 2.75) is 39.3 Å². The summed E-state index contributed by atoms with van der Waals surface area (Å²) in [5.41, 5.74) is 5.45. The molecule has 2 aromatic carbocycles. The van der Waals surface area contributed by atoms with Gasteiger partial charge in [0.05, 0.1) is 11.7 Å². The summed E-state index contributed by atoms with van der Waals surface area (Å²) in [6.07, 6.45) is 0. The molecule has 0 fully saturated rings. The second kappa shape index (κ2) is 5.84. The molecule has 1 N–H and O–H groups in total. The average Bonchev–Trinajstić information content (AvgIpc) is 3.15. The summed E-state index contributed by atoms with van der Waals surface area (Å²) in [5, 5.41) is 7.50. The maximum atomic E-state index is 13.2. The van der Waals surface area contributed by atoms with E-state index in [1.807, 2.05) is 35.2 Å². The SMILES string of the molecule is Cc1ccc(C2c3c(-c4ccccc4)n[nH]c3C(=O)N2C(C)(C)C)cc1. The number of aromatic amines is 1. The third kappa shape index (κ3) is 2.53. The van der Waals surface area contributed by atoms with Crippen LogP contribution in [0.2, 0.25) is 0 Å². The van der Waals surface area contributed by atoms with Crippen molar-refractivity contribution in [2.75, 3.05) is 0 Å². The van der Waals surface area contributed by atoms with Crippen LogP contribution in [-0.2, 0) is 0 Å². The fraction of sp³-hybridized carbons (Fsp3) is 0.273. The number of fused-ring (bicyclic) bond motifs is 1. The molecule has 3 aromatic rings. The van der Waals surface area contributed by atoms with E-state index in [0.717, 1.165) is 22.4 Å². The molecule has 0 saturated heterocycles. The molecule has 1 aromatic heterocycles. The zero-order chi connectivity index (χ0) is 18.5. The lowest BCUT2D eigenvalue weighted by atomic mass is 9.93. The molecule has 1 aliphatic heterocycles. The van der Waals surface area contributed by atoms with Gasteiger partial charge in [-0.1, -0.05) is 60.2 Å². The lowest BCUT2D eigenvalue weighted by Gasteiger charge is -2.37. The van der Waals surface area contributed by atoms with Crippen molar-refractivity contribution in [1.82, 2.24) is 15.1 Å². The highest BCUT2D eigenvalue weighted by molar-refractivity contribution is 6.00. The second-order valence-corrected chi connectivity index (χ2v) is 7.89. The molecule has 1 atom stereocenters. The summed E-state index contributed by atoms with van der Waals surface area (Å²) >= 11 is 0. The van der Waals surface area contributed by atoms with Crippen molar-refractivity contribution in [3.05, 3.63) is 77.0 Å². The van der Waals surface area contributed by atoms with E-state index in [2.05, 4.69) is 62.2 Å². The summed E-state index contributed by atoms with van der Waals surface area (Å²) in [7, 11) is 0. The van der Waals surface area contributed by atoms with Gasteiger partial charge in [0.15, 0.2) is 0 Å². The maximum Gasteiger partial charge on any atom is 0.273 e. The summed E-state index contributed by atoms with van der Waals surface area (Å²) in [5.74, 6) is 0.00718. The zero-order valence-electron chi connectivity index (χ0n) is 15.6. The molecule has 1 amide bonds. The molecule has 0 bridgehead atoms. The van der Waals surface area contributed by atoms with E-state index in [4.69, 9.17) is 0 Å². The summed E-state index contributed by atoms with van der Waals surface area (Å²) < 4.78 is 0. The Bertz CT molecular complexity index is 949. The van der Waals surface area contributed by atoms with Crippen LogP contribution in [0.1, 0.15) is 54.0 Å². The number of amides is 1. The number of benzene rings is 2. The van der Waals surface area contributed by atoms with Gasteiger partial charge < -0.3 is 4.90 Å². The first-order valence-corrected chi connectivity index (χ1v) is 8.92. The van der Waals surface area contributed by atoms with Crippen molar-refractivity contribution < 1.29 is 4.79 Å². The van der Waals surface area contributed by atoms with Crippen LogP contribution in [-0.4, -0.2) is 26.5 Å². The molecule has 0 radical (unpaired) electrons. The Morgan fingerprint density at radius 3 is 2.27 bits per heavy atom. The number of rotatable bonds is 2. The van der Waals surface area contributed by atoms with Gasteiger partial charge in [-0.25, -0.2) is 0 Å². The van der Waals surface area contributed by atoms with Gasteiger partial charge in [0.25, 0.3) is 5.91 Å². The number of H-pyrrole nitrogens is 1. The number of aromatic nitrogens is 2. The van der Waals surface area contributed by atoms with Gasteiger partial charge >= 0.3 is 0 Å². The monoisotopic (exact) mass is 345 g/mol. The molecule has 0 aliphatic carbocycles. The summed E-state index contributed by atoms with van der Waals surface area (Å²) in [4.78, 5) is 15.2. The maximum absolute atomic E-state index is 13.2. The van der Waals surface area contributed by atoms with Crippen LogP contribution in [0.4, 0.5) is 0 Å². The van der Waals surface area contributed by atoms with Crippen LogP contribution in [0, 0.1) is 6.92 Å². The fourth-order valence-electron chi connectivity index (χ4n) is 3.72. The Hall–Kier alpha value is -2.88. The molecule has 132 valence electrons. The average molecular weight is 345 g/mol. The lowest BCUT2D eigenvalue weighted by molar-refractivity contribution is 0.0546. The van der Waals surface area contributed by atoms with E-state index in [1.54, 1.807) is 0 Å². The Kier molecular flexibility index (Phi) is 3.72. The minimum absolute atomic E-state index is 0.00718. The van der Waals surface area contributed by atoms with Crippen LogP contribution in [0.25, 0.3) is 11.3 Å². The van der Waals surface area contributed by atoms with E-state index >= 15 is 0 Å². The fourth-order valence-corrected chi connectivity index (χ4v) is 3.72. The Balaban J connectivity index is 1.94. The summed E-state index contributed by atoms with van der Waals surface area (Å²) in [6, 6.07) is 18.3. The number of carbonyl (C=O) groups is 1. The first kappa shape index (κ1) is 16.6. The van der Waals surface area contributed by atoms with Crippen LogP contribution in [0.5, 0.6) is 0 Å². The first-order valence-electron chi connectivity index (χ1n) is 8.92. The molecule has 0 spiro atoms. The highest BCUT2D eigenvalue weighted by Gasteiger charge is 2.46.